The van der Waals surface area contributed by atoms with Crippen molar-refractivity contribution in [2.45, 2.75) is 56.2 Å². The number of halogens is 6. The van der Waals surface area contributed by atoms with Crippen LogP contribution in [0, 0.1) is 5.41 Å². The van der Waals surface area contributed by atoms with Gasteiger partial charge in [-0.2, -0.15) is 31.0 Å². The van der Waals surface area contributed by atoms with Gasteiger partial charge in [0, 0.05) is 37.4 Å². The lowest BCUT2D eigenvalue weighted by molar-refractivity contribution is -0.181. The van der Waals surface area contributed by atoms with Crippen molar-refractivity contribution in [2.24, 2.45) is 10.6 Å². The molecule has 0 unspecified atom stereocenters. The summed E-state index contributed by atoms with van der Waals surface area (Å²) in [4.78, 5) is 18.7. The largest absolute Gasteiger partial charge is 0.401 e. The van der Waals surface area contributed by atoms with Gasteiger partial charge >= 0.3 is 6.18 Å². The number of fused-ring (bicyclic) bond motifs is 3. The maximum atomic E-state index is 15.2. The average Bonchev–Trinajstić information content (AvgIpc) is 3.18. The number of nitrogens with zero attached hydrogens (tertiary/aromatic N) is 5. The molecule has 2 aliphatic heterocycles. The second kappa shape index (κ2) is 9.46. The van der Waals surface area contributed by atoms with Crippen molar-refractivity contribution in [3.63, 3.8) is 0 Å². The van der Waals surface area contributed by atoms with Gasteiger partial charge in [0.25, 0.3) is 16.1 Å². The lowest BCUT2D eigenvalue weighted by Gasteiger charge is -2.31. The molecule has 3 aliphatic rings. The first-order chi connectivity index (χ1) is 19.9. The summed E-state index contributed by atoms with van der Waals surface area (Å²) < 4.78 is 98.9. The average molecular weight is 648 g/mol. The highest BCUT2D eigenvalue weighted by molar-refractivity contribution is 7.86. The zero-order chi connectivity index (χ0) is 31.3. The van der Waals surface area contributed by atoms with E-state index in [1.54, 1.807) is 0 Å². The molecule has 10 nitrogen and oxygen atoms in total. The lowest BCUT2D eigenvalue weighted by Crippen LogP contribution is -2.50. The van der Waals surface area contributed by atoms with E-state index in [0.717, 1.165) is 22.7 Å². The molecular formula is C26H27ClF5N7O3S. The summed E-state index contributed by atoms with van der Waals surface area (Å²) in [5.74, 6) is -5.70. The Hall–Kier alpha value is -3.08. The SMILES string of the molecule is C[C@@]1(C(F)(F)F)CN(c2ccc([C@H]3C(F)(F)[C@]3(C)C(=O)NC3CCN(S(N)(=O)=O)CC3)cc2)c2cnc3cc(Cl)nn3c21. The molecule has 3 aromatic rings. The van der Waals surface area contributed by atoms with Crippen molar-refractivity contribution in [3.05, 3.63) is 52.9 Å². The smallest absolute Gasteiger partial charge is 0.353 e. The van der Waals surface area contributed by atoms with E-state index in [1.807, 2.05) is 0 Å². The number of rotatable bonds is 5. The van der Waals surface area contributed by atoms with Crippen molar-refractivity contribution < 1.29 is 35.2 Å². The fourth-order valence-electron chi connectivity index (χ4n) is 6.33. The van der Waals surface area contributed by atoms with E-state index in [1.165, 1.54) is 41.4 Å². The predicted octanol–water partition coefficient (Wildman–Crippen LogP) is 3.88. The number of carbonyl (C=O) groups excluding carboxylic acids is 1. The third-order valence-electron chi connectivity index (χ3n) is 9.06. The van der Waals surface area contributed by atoms with Gasteiger partial charge in [0.05, 0.1) is 23.5 Å². The molecule has 4 heterocycles. The molecule has 17 heteroatoms. The van der Waals surface area contributed by atoms with Crippen LogP contribution in [-0.2, 0) is 20.4 Å². The number of carbonyl (C=O) groups is 1. The number of nitrogens with one attached hydrogen (secondary N) is 1. The van der Waals surface area contributed by atoms with Crippen LogP contribution in [0.1, 0.15) is 43.9 Å². The van der Waals surface area contributed by atoms with Crippen molar-refractivity contribution in [1.82, 2.24) is 24.2 Å². The van der Waals surface area contributed by atoms with Crippen LogP contribution < -0.4 is 15.4 Å². The van der Waals surface area contributed by atoms with Crippen LogP contribution in [0.4, 0.5) is 33.3 Å². The molecule has 1 saturated heterocycles. The molecule has 2 fully saturated rings. The van der Waals surface area contributed by atoms with Crippen LogP contribution in [-0.4, -0.2) is 71.0 Å². The number of hydrogen-bond acceptors (Lipinski definition) is 6. The molecule has 1 saturated carbocycles. The summed E-state index contributed by atoms with van der Waals surface area (Å²) in [5, 5.41) is 11.8. The molecule has 1 aliphatic carbocycles. The Kier molecular flexibility index (Phi) is 6.59. The number of hydrogen-bond donors (Lipinski definition) is 2. The zero-order valence-corrected chi connectivity index (χ0v) is 24.4. The second-order valence-electron chi connectivity index (χ2n) is 11.7. The first-order valence-electron chi connectivity index (χ1n) is 13.4. The molecule has 0 radical (unpaired) electrons. The molecule has 232 valence electrons. The van der Waals surface area contributed by atoms with Crippen molar-refractivity contribution >= 4 is 44.7 Å². The molecule has 3 N–H and O–H groups in total. The fourth-order valence-corrected chi connectivity index (χ4v) is 7.23. The zero-order valence-electron chi connectivity index (χ0n) is 22.9. The van der Waals surface area contributed by atoms with E-state index in [2.05, 4.69) is 15.4 Å². The fraction of sp³-hybridized carbons (Fsp3) is 0.500. The monoisotopic (exact) mass is 647 g/mol. The Bertz CT molecular complexity index is 1730. The first kappa shape index (κ1) is 30.0. The van der Waals surface area contributed by atoms with Gasteiger partial charge in [0.2, 0.25) is 5.91 Å². The highest BCUT2D eigenvalue weighted by atomic mass is 35.5. The van der Waals surface area contributed by atoms with Gasteiger partial charge in [-0.3, -0.25) is 4.79 Å². The van der Waals surface area contributed by atoms with Crippen LogP contribution in [0.25, 0.3) is 5.65 Å². The lowest BCUT2D eigenvalue weighted by atomic mass is 9.87. The number of alkyl halides is 5. The number of benzene rings is 1. The number of anilines is 2. The van der Waals surface area contributed by atoms with E-state index in [9.17, 15) is 26.4 Å². The minimum atomic E-state index is -4.66. The third kappa shape index (κ3) is 4.47. The molecule has 2 aromatic heterocycles. The van der Waals surface area contributed by atoms with Gasteiger partial charge in [0.1, 0.15) is 10.8 Å². The molecule has 1 amide bonds. The number of amides is 1. The second-order valence-corrected chi connectivity index (χ2v) is 13.6. The highest BCUT2D eigenvalue weighted by Crippen LogP contribution is 2.71. The summed E-state index contributed by atoms with van der Waals surface area (Å²) in [5.41, 5.74) is -3.78. The topological polar surface area (TPSA) is 126 Å². The Morgan fingerprint density at radius 3 is 2.35 bits per heavy atom. The molecule has 6 rings (SSSR count). The summed E-state index contributed by atoms with van der Waals surface area (Å²) in [7, 11) is -3.88. The molecule has 3 atom stereocenters. The summed E-state index contributed by atoms with van der Waals surface area (Å²) in [6, 6.07) is 6.51. The Balaban J connectivity index is 1.24. The number of nitrogens with two attached hydrogens (primary N) is 1. The van der Waals surface area contributed by atoms with Gasteiger partial charge in [-0.1, -0.05) is 23.7 Å². The van der Waals surface area contributed by atoms with Gasteiger partial charge in [-0.25, -0.2) is 23.4 Å². The van der Waals surface area contributed by atoms with Gasteiger partial charge in [-0.15, -0.1) is 0 Å². The first-order valence-corrected chi connectivity index (χ1v) is 15.2. The van der Waals surface area contributed by atoms with E-state index >= 15 is 8.78 Å². The number of aromatic nitrogens is 3. The Morgan fingerprint density at radius 1 is 1.14 bits per heavy atom. The molecule has 43 heavy (non-hydrogen) atoms. The van der Waals surface area contributed by atoms with Gasteiger partial charge in [-0.05, 0) is 44.4 Å². The van der Waals surface area contributed by atoms with Crippen molar-refractivity contribution in [1.29, 1.82) is 0 Å². The summed E-state index contributed by atoms with van der Waals surface area (Å²) in [6.45, 7) is 1.83. The van der Waals surface area contributed by atoms with Crippen LogP contribution in [0.5, 0.6) is 0 Å². The van der Waals surface area contributed by atoms with E-state index in [-0.39, 0.29) is 53.7 Å². The van der Waals surface area contributed by atoms with E-state index < -0.39 is 57.5 Å². The van der Waals surface area contributed by atoms with Gasteiger partial charge in [0.15, 0.2) is 10.8 Å². The Morgan fingerprint density at radius 2 is 1.77 bits per heavy atom. The highest BCUT2D eigenvalue weighted by Gasteiger charge is 2.82. The van der Waals surface area contributed by atoms with Gasteiger partial charge < -0.3 is 10.2 Å². The minimum absolute atomic E-state index is 0.0142. The van der Waals surface area contributed by atoms with Crippen LogP contribution in [0.2, 0.25) is 5.15 Å². The standard InChI is InChI=1S/C26H27ClF5N7O3S/c1-23(26(30,31)32)13-38(17-12-34-19-11-18(27)36-39(19)21(17)23)16-5-3-14(4-6-16)20-24(2,25(20,28)29)22(40)35-15-7-9-37(10-8-15)43(33,41)42/h3-6,11-12,15,20H,7-10,13H2,1-2H3,(H,35,40)(H2,33,41,42)/t20-,23-,24+/m1/s1. The molecule has 1 aromatic carbocycles. The molecular weight excluding hydrogens is 621 g/mol. The van der Waals surface area contributed by atoms with E-state index in [4.69, 9.17) is 16.7 Å². The quantitative estimate of drug-likeness (QED) is 0.405. The molecule has 0 spiro atoms. The minimum Gasteiger partial charge on any atom is -0.353 e. The number of piperidine rings is 1. The van der Waals surface area contributed by atoms with E-state index in [0.29, 0.717) is 5.69 Å². The van der Waals surface area contributed by atoms with Crippen LogP contribution in [0.3, 0.4) is 0 Å². The maximum Gasteiger partial charge on any atom is 0.401 e. The maximum absolute atomic E-state index is 15.2. The van der Waals surface area contributed by atoms with Crippen molar-refractivity contribution in [3.8, 4) is 0 Å². The Labute approximate surface area is 248 Å². The van der Waals surface area contributed by atoms with Crippen molar-refractivity contribution in [2.75, 3.05) is 24.5 Å². The summed E-state index contributed by atoms with van der Waals surface area (Å²) >= 11 is 5.96. The molecule has 0 bridgehead atoms. The third-order valence-corrected chi connectivity index (χ3v) is 10.3. The van der Waals surface area contributed by atoms with Crippen LogP contribution in [0.15, 0.2) is 36.5 Å². The van der Waals surface area contributed by atoms with Crippen LogP contribution >= 0.6 is 11.6 Å². The predicted molar refractivity (Wildman–Crippen MR) is 146 cm³/mol. The summed E-state index contributed by atoms with van der Waals surface area (Å²) in [6.07, 6.45) is -2.91. The normalized spacial score (nSPS) is 27.8.